The van der Waals surface area contributed by atoms with Crippen LogP contribution in [0.1, 0.15) is 31.0 Å². The number of nitrogens with zero attached hydrogens (tertiary/aromatic N) is 3. The monoisotopic (exact) mass is 370 g/mol. The second-order valence-electron chi connectivity index (χ2n) is 6.73. The fourth-order valence-electron chi connectivity index (χ4n) is 3.38. The molecule has 0 saturated carbocycles. The van der Waals surface area contributed by atoms with E-state index in [0.29, 0.717) is 0 Å². The van der Waals surface area contributed by atoms with Gasteiger partial charge in [-0.15, -0.1) is 0 Å². The summed E-state index contributed by atoms with van der Waals surface area (Å²) in [5, 5.41) is 5.94. The summed E-state index contributed by atoms with van der Waals surface area (Å²) in [6.07, 6.45) is 7.22. The van der Waals surface area contributed by atoms with Crippen molar-refractivity contribution >= 4 is 28.5 Å². The van der Waals surface area contributed by atoms with Crippen LogP contribution in [0.15, 0.2) is 29.2 Å². The number of benzene rings is 1. The first-order valence-corrected chi connectivity index (χ1v) is 10.1. The van der Waals surface area contributed by atoms with Crippen LogP contribution in [0.5, 0.6) is 0 Å². The quantitative estimate of drug-likeness (QED) is 0.658. The fraction of sp³-hybridized carbons (Fsp3) is 0.400. The summed E-state index contributed by atoms with van der Waals surface area (Å²) < 4.78 is 7.02. The van der Waals surface area contributed by atoms with Gasteiger partial charge in [-0.25, -0.2) is 0 Å². The highest BCUT2D eigenvalue weighted by molar-refractivity contribution is 7.99. The van der Waals surface area contributed by atoms with Crippen molar-refractivity contribution in [1.29, 1.82) is 0 Å². The van der Waals surface area contributed by atoms with E-state index in [0.717, 1.165) is 47.2 Å². The highest BCUT2D eigenvalue weighted by Gasteiger charge is 2.15. The molecule has 0 unspecified atom stereocenters. The Hall–Kier alpha value is -2.21. The molecular weight excluding hydrogens is 344 g/mol. The van der Waals surface area contributed by atoms with Gasteiger partial charge in [0.05, 0.1) is 5.69 Å². The fourth-order valence-corrected chi connectivity index (χ4v) is 3.75. The molecule has 0 bridgehead atoms. The minimum Gasteiger partial charge on any atom is -0.328 e. The van der Waals surface area contributed by atoms with Crippen LogP contribution >= 0.6 is 11.9 Å². The van der Waals surface area contributed by atoms with Gasteiger partial charge in [0.2, 0.25) is 0 Å². The van der Waals surface area contributed by atoms with E-state index in [4.69, 9.17) is 5.10 Å². The van der Waals surface area contributed by atoms with Gasteiger partial charge in [-0.2, -0.15) is 5.10 Å². The molecule has 0 aliphatic rings. The van der Waals surface area contributed by atoms with Crippen molar-refractivity contribution in [2.24, 2.45) is 14.1 Å². The molecule has 0 saturated heterocycles. The zero-order chi connectivity index (χ0) is 18.8. The minimum atomic E-state index is 0.0438. The van der Waals surface area contributed by atoms with Crippen molar-refractivity contribution < 1.29 is 0 Å². The van der Waals surface area contributed by atoms with E-state index >= 15 is 0 Å². The number of rotatable bonds is 6. The summed E-state index contributed by atoms with van der Waals surface area (Å²) in [6.45, 7) is 4.07. The number of aromatic nitrogens is 3. The molecule has 6 heteroatoms. The van der Waals surface area contributed by atoms with E-state index in [-0.39, 0.29) is 5.56 Å². The van der Waals surface area contributed by atoms with Gasteiger partial charge in [-0.05, 0) is 49.1 Å². The molecule has 0 spiro atoms. The first-order valence-electron chi connectivity index (χ1n) is 8.92. The summed E-state index contributed by atoms with van der Waals surface area (Å²) in [7, 11) is 3.82. The van der Waals surface area contributed by atoms with E-state index in [1.54, 1.807) is 23.6 Å². The average Bonchev–Trinajstić information content (AvgIpc) is 2.93. The van der Waals surface area contributed by atoms with Gasteiger partial charge in [0.15, 0.2) is 0 Å². The predicted octanol–water partition coefficient (Wildman–Crippen LogP) is 4.28. The second kappa shape index (κ2) is 7.58. The van der Waals surface area contributed by atoms with Crippen LogP contribution in [0.4, 0.5) is 5.69 Å². The second-order valence-corrected chi connectivity index (χ2v) is 7.34. The largest absolute Gasteiger partial charge is 0.328 e. The van der Waals surface area contributed by atoms with Gasteiger partial charge in [0.25, 0.3) is 5.56 Å². The maximum absolute atomic E-state index is 12.0. The molecule has 138 valence electrons. The Labute approximate surface area is 158 Å². The number of pyridine rings is 1. The Morgan fingerprint density at radius 2 is 1.96 bits per heavy atom. The first kappa shape index (κ1) is 18.6. The maximum Gasteiger partial charge on any atom is 0.253 e. The standard InChI is InChI=1S/C20H26N4OS/c1-6-7-8-18-16-10-14(15-9-13(2)20(25)23(3)12-15)11-17(22-26-5)19(16)21-24(18)4/h9-12,22H,6-8H2,1-5H3. The Morgan fingerprint density at radius 3 is 2.62 bits per heavy atom. The lowest BCUT2D eigenvalue weighted by Gasteiger charge is -2.10. The molecule has 0 aliphatic carbocycles. The van der Waals surface area contributed by atoms with Gasteiger partial charge in [0, 0.05) is 43.2 Å². The molecule has 26 heavy (non-hydrogen) atoms. The molecule has 1 N–H and O–H groups in total. The third-order valence-electron chi connectivity index (χ3n) is 4.74. The minimum absolute atomic E-state index is 0.0438. The third kappa shape index (κ3) is 3.38. The first-order chi connectivity index (χ1) is 12.5. The van der Waals surface area contributed by atoms with Crippen LogP contribution in [-0.4, -0.2) is 20.6 Å². The number of nitrogens with one attached hydrogen (secondary N) is 1. The van der Waals surface area contributed by atoms with E-state index in [2.05, 4.69) is 23.8 Å². The molecule has 2 heterocycles. The highest BCUT2D eigenvalue weighted by atomic mass is 32.2. The number of fused-ring (bicyclic) bond motifs is 1. The molecule has 0 radical (unpaired) electrons. The molecule has 1 aromatic carbocycles. The molecule has 0 atom stereocenters. The number of unbranched alkanes of at least 4 members (excludes halogenated alkanes) is 1. The molecule has 3 rings (SSSR count). The number of hydrogen-bond donors (Lipinski definition) is 1. The third-order valence-corrected chi connectivity index (χ3v) is 5.16. The van der Waals surface area contributed by atoms with Crippen molar-refractivity contribution in [1.82, 2.24) is 14.3 Å². The van der Waals surface area contributed by atoms with Gasteiger partial charge in [-0.1, -0.05) is 25.3 Å². The lowest BCUT2D eigenvalue weighted by molar-refractivity contribution is 0.683. The van der Waals surface area contributed by atoms with Crippen molar-refractivity contribution in [3.8, 4) is 11.1 Å². The molecule has 0 aliphatic heterocycles. The van der Waals surface area contributed by atoms with Crippen LogP contribution in [0.3, 0.4) is 0 Å². The zero-order valence-corrected chi connectivity index (χ0v) is 16.9. The molecule has 0 fully saturated rings. The highest BCUT2D eigenvalue weighted by Crippen LogP contribution is 2.33. The topological polar surface area (TPSA) is 51.9 Å². The molecule has 5 nitrogen and oxygen atoms in total. The smallest absolute Gasteiger partial charge is 0.253 e. The Morgan fingerprint density at radius 1 is 1.19 bits per heavy atom. The summed E-state index contributed by atoms with van der Waals surface area (Å²) in [4.78, 5) is 12.0. The zero-order valence-electron chi connectivity index (χ0n) is 16.1. The molecular formula is C20H26N4OS. The Balaban J connectivity index is 2.24. The summed E-state index contributed by atoms with van der Waals surface area (Å²) in [5.41, 5.74) is 6.20. The van der Waals surface area contributed by atoms with Crippen LogP contribution in [0, 0.1) is 6.92 Å². The predicted molar refractivity (Wildman–Crippen MR) is 112 cm³/mol. The van der Waals surface area contributed by atoms with Crippen LogP contribution in [0.25, 0.3) is 22.0 Å². The summed E-state index contributed by atoms with van der Waals surface area (Å²) in [5.74, 6) is 0. The average molecular weight is 371 g/mol. The summed E-state index contributed by atoms with van der Waals surface area (Å²) >= 11 is 1.56. The number of anilines is 1. The Kier molecular flexibility index (Phi) is 5.41. The lowest BCUT2D eigenvalue weighted by Crippen LogP contribution is -2.18. The van der Waals surface area contributed by atoms with Crippen molar-refractivity contribution in [2.75, 3.05) is 11.0 Å². The molecule has 3 aromatic rings. The van der Waals surface area contributed by atoms with Crippen molar-refractivity contribution in [3.63, 3.8) is 0 Å². The molecule has 2 aromatic heterocycles. The van der Waals surface area contributed by atoms with E-state index in [1.165, 1.54) is 11.1 Å². The molecule has 0 amide bonds. The van der Waals surface area contributed by atoms with Gasteiger partial charge >= 0.3 is 0 Å². The number of hydrogen-bond acceptors (Lipinski definition) is 4. The van der Waals surface area contributed by atoms with E-state index in [1.807, 2.05) is 37.2 Å². The van der Waals surface area contributed by atoms with Gasteiger partial charge in [0.1, 0.15) is 5.52 Å². The van der Waals surface area contributed by atoms with Gasteiger partial charge < -0.3 is 9.29 Å². The van der Waals surface area contributed by atoms with Crippen LogP contribution < -0.4 is 10.3 Å². The summed E-state index contributed by atoms with van der Waals surface area (Å²) in [6, 6.07) is 6.29. The lowest BCUT2D eigenvalue weighted by atomic mass is 10.0. The van der Waals surface area contributed by atoms with E-state index < -0.39 is 0 Å². The normalized spacial score (nSPS) is 11.3. The van der Waals surface area contributed by atoms with Crippen LogP contribution in [-0.2, 0) is 20.5 Å². The number of aryl methyl sites for hydroxylation is 4. The van der Waals surface area contributed by atoms with Gasteiger partial charge in [-0.3, -0.25) is 9.48 Å². The van der Waals surface area contributed by atoms with Crippen molar-refractivity contribution in [2.45, 2.75) is 33.1 Å². The van der Waals surface area contributed by atoms with Crippen molar-refractivity contribution in [3.05, 3.63) is 46.0 Å². The maximum atomic E-state index is 12.0. The Bertz CT molecular complexity index is 977. The SMILES string of the molecule is CCCCc1c2cc(-c3cc(C)c(=O)n(C)c3)cc(NSC)c2nn1C. The van der Waals surface area contributed by atoms with E-state index in [9.17, 15) is 4.79 Å². The van der Waals surface area contributed by atoms with Crippen LogP contribution in [0.2, 0.25) is 0 Å².